The van der Waals surface area contributed by atoms with E-state index in [0.29, 0.717) is 32.5 Å². The Kier molecular flexibility index (Phi) is 7.27. The van der Waals surface area contributed by atoms with E-state index in [0.717, 1.165) is 24.3 Å². The Hall–Kier alpha value is -2.83. The van der Waals surface area contributed by atoms with Crippen LogP contribution in [0.4, 0.5) is 0 Å². The zero-order valence-electron chi connectivity index (χ0n) is 17.2. The number of carbonyl (C=O) groups is 2. The fourth-order valence-corrected chi connectivity index (χ4v) is 3.96. The number of aryl methyl sites for hydroxylation is 1. The molecular weight excluding hydrogens is 368 g/mol. The van der Waals surface area contributed by atoms with E-state index in [-0.39, 0.29) is 23.8 Å². The number of imidazole rings is 1. The normalized spacial score (nSPS) is 19.2. The van der Waals surface area contributed by atoms with E-state index in [1.165, 1.54) is 0 Å². The molecule has 2 amide bonds. The minimum absolute atomic E-state index is 0.0143. The summed E-state index contributed by atoms with van der Waals surface area (Å²) in [6, 6.07) is 7.51. The van der Waals surface area contributed by atoms with Gasteiger partial charge in [0.2, 0.25) is 11.8 Å². The minimum Gasteiger partial charge on any atom is -0.494 e. The average molecular weight is 399 g/mol. The van der Waals surface area contributed by atoms with Crippen LogP contribution < -0.4 is 10.1 Å². The van der Waals surface area contributed by atoms with E-state index in [9.17, 15) is 9.59 Å². The molecule has 7 nitrogen and oxygen atoms in total. The van der Waals surface area contributed by atoms with Crippen molar-refractivity contribution in [1.82, 2.24) is 19.8 Å². The molecule has 1 aliphatic heterocycles. The van der Waals surface area contributed by atoms with Crippen LogP contribution >= 0.6 is 0 Å². The molecule has 0 bridgehead atoms. The lowest BCUT2D eigenvalue weighted by Crippen LogP contribution is -2.48. The van der Waals surface area contributed by atoms with Crippen LogP contribution in [0.1, 0.15) is 44.7 Å². The van der Waals surface area contributed by atoms with E-state index in [4.69, 9.17) is 4.74 Å². The standard InChI is InChI=1S/C22H30N4O3/c1-3-26-20(27)11-10-19(21(26)17-6-8-18(9-7-17)29-4-2)22(28)24-12-5-14-25-15-13-23-16-25/h6-9,13,15-16,19,21H,3-5,10-12,14H2,1-2H3,(H,24,28)/t19-,21+/m1/s1. The first kappa shape index (κ1) is 20.9. The van der Waals surface area contributed by atoms with Gasteiger partial charge in [-0.15, -0.1) is 0 Å². The molecule has 1 aromatic carbocycles. The van der Waals surface area contributed by atoms with E-state index < -0.39 is 0 Å². The smallest absolute Gasteiger partial charge is 0.225 e. The zero-order chi connectivity index (χ0) is 20.6. The van der Waals surface area contributed by atoms with Gasteiger partial charge in [0.1, 0.15) is 5.75 Å². The van der Waals surface area contributed by atoms with Gasteiger partial charge >= 0.3 is 0 Å². The predicted octanol–water partition coefficient (Wildman–Crippen LogP) is 2.79. The summed E-state index contributed by atoms with van der Waals surface area (Å²) in [6.07, 6.45) is 7.25. The Balaban J connectivity index is 1.68. The number of hydrogen-bond acceptors (Lipinski definition) is 4. The number of nitrogens with one attached hydrogen (secondary N) is 1. The van der Waals surface area contributed by atoms with Gasteiger partial charge in [0.05, 0.1) is 24.9 Å². The molecule has 2 heterocycles. The molecule has 29 heavy (non-hydrogen) atoms. The maximum atomic E-state index is 13.0. The fourth-order valence-electron chi connectivity index (χ4n) is 3.96. The number of benzene rings is 1. The number of nitrogens with zero attached hydrogens (tertiary/aromatic N) is 3. The minimum atomic E-state index is -0.251. The highest BCUT2D eigenvalue weighted by Crippen LogP contribution is 2.37. The highest BCUT2D eigenvalue weighted by Gasteiger charge is 2.39. The summed E-state index contributed by atoms with van der Waals surface area (Å²) in [5.74, 6) is 0.664. The average Bonchev–Trinajstić information content (AvgIpc) is 3.25. The van der Waals surface area contributed by atoms with Gasteiger partial charge in [0.15, 0.2) is 0 Å². The molecule has 2 atom stereocenters. The second-order valence-electron chi connectivity index (χ2n) is 7.22. The van der Waals surface area contributed by atoms with Crippen LogP contribution in [0.15, 0.2) is 43.0 Å². The molecule has 0 unspecified atom stereocenters. The third-order valence-corrected chi connectivity index (χ3v) is 5.37. The van der Waals surface area contributed by atoms with Crippen LogP contribution in [0.25, 0.3) is 0 Å². The second-order valence-corrected chi connectivity index (χ2v) is 7.22. The molecule has 1 saturated heterocycles. The van der Waals surface area contributed by atoms with Gasteiger partial charge in [0.25, 0.3) is 0 Å². The lowest BCUT2D eigenvalue weighted by Gasteiger charge is -2.40. The number of aromatic nitrogens is 2. The molecule has 7 heteroatoms. The molecule has 1 fully saturated rings. The van der Waals surface area contributed by atoms with Crippen molar-refractivity contribution in [3.05, 3.63) is 48.5 Å². The Labute approximate surface area is 172 Å². The number of carbonyl (C=O) groups excluding carboxylic acids is 2. The molecular formula is C22H30N4O3. The van der Waals surface area contributed by atoms with Gasteiger partial charge in [-0.2, -0.15) is 0 Å². The van der Waals surface area contributed by atoms with E-state index in [2.05, 4.69) is 10.3 Å². The van der Waals surface area contributed by atoms with E-state index in [1.54, 1.807) is 12.5 Å². The third-order valence-electron chi connectivity index (χ3n) is 5.37. The van der Waals surface area contributed by atoms with Crippen LogP contribution in [0.2, 0.25) is 0 Å². The SMILES string of the molecule is CCOc1ccc([C@H]2[C@H](C(=O)NCCCn3ccnc3)CCC(=O)N2CC)cc1. The molecule has 1 aromatic heterocycles. The van der Waals surface area contributed by atoms with Gasteiger partial charge in [0, 0.05) is 38.4 Å². The fraction of sp³-hybridized carbons (Fsp3) is 0.500. The topological polar surface area (TPSA) is 76.5 Å². The van der Waals surface area contributed by atoms with Crippen molar-refractivity contribution in [2.75, 3.05) is 19.7 Å². The van der Waals surface area contributed by atoms with E-state index >= 15 is 0 Å². The second kappa shape index (κ2) is 10.1. The van der Waals surface area contributed by atoms with Gasteiger partial charge in [-0.05, 0) is 44.4 Å². The van der Waals surface area contributed by atoms with Crippen LogP contribution in [0.3, 0.4) is 0 Å². The van der Waals surface area contributed by atoms with Crippen molar-refractivity contribution in [3.63, 3.8) is 0 Å². The van der Waals surface area contributed by atoms with Crippen LogP contribution in [-0.4, -0.2) is 46.0 Å². The number of amides is 2. The summed E-state index contributed by atoms with van der Waals surface area (Å²) in [4.78, 5) is 31.3. The van der Waals surface area contributed by atoms with Crippen LogP contribution in [0, 0.1) is 5.92 Å². The Morgan fingerprint density at radius 3 is 2.72 bits per heavy atom. The van der Waals surface area contributed by atoms with Crippen molar-refractivity contribution in [2.45, 2.75) is 45.7 Å². The van der Waals surface area contributed by atoms with Crippen molar-refractivity contribution < 1.29 is 14.3 Å². The summed E-state index contributed by atoms with van der Waals surface area (Å²) in [6.45, 7) is 6.51. The Morgan fingerprint density at radius 2 is 2.07 bits per heavy atom. The summed E-state index contributed by atoms with van der Waals surface area (Å²) in [7, 11) is 0. The number of hydrogen-bond donors (Lipinski definition) is 1. The molecule has 0 spiro atoms. The zero-order valence-corrected chi connectivity index (χ0v) is 17.2. The first-order valence-electron chi connectivity index (χ1n) is 10.4. The van der Waals surface area contributed by atoms with Crippen molar-refractivity contribution >= 4 is 11.8 Å². The number of piperidine rings is 1. The quantitative estimate of drug-likeness (QED) is 0.659. The number of ether oxygens (including phenoxy) is 1. The van der Waals surface area contributed by atoms with Gasteiger partial charge in [-0.25, -0.2) is 4.98 Å². The lowest BCUT2D eigenvalue weighted by molar-refractivity contribution is -0.143. The number of rotatable bonds is 9. The summed E-state index contributed by atoms with van der Waals surface area (Å²) in [5, 5.41) is 3.07. The lowest BCUT2D eigenvalue weighted by atomic mass is 9.83. The maximum Gasteiger partial charge on any atom is 0.225 e. The van der Waals surface area contributed by atoms with Gasteiger partial charge in [-0.3, -0.25) is 9.59 Å². The summed E-state index contributed by atoms with van der Waals surface area (Å²) >= 11 is 0. The largest absolute Gasteiger partial charge is 0.494 e. The Morgan fingerprint density at radius 1 is 1.28 bits per heavy atom. The summed E-state index contributed by atoms with van der Waals surface area (Å²) in [5.41, 5.74) is 0.974. The third kappa shape index (κ3) is 5.16. The monoisotopic (exact) mass is 398 g/mol. The molecule has 156 valence electrons. The summed E-state index contributed by atoms with van der Waals surface area (Å²) < 4.78 is 7.52. The molecule has 2 aromatic rings. The Bertz CT molecular complexity index is 789. The van der Waals surface area contributed by atoms with E-state index in [1.807, 2.05) is 53.8 Å². The maximum absolute atomic E-state index is 13.0. The van der Waals surface area contributed by atoms with Gasteiger partial charge < -0.3 is 19.5 Å². The van der Waals surface area contributed by atoms with Crippen molar-refractivity contribution in [1.29, 1.82) is 0 Å². The highest BCUT2D eigenvalue weighted by molar-refractivity contribution is 5.85. The first-order valence-corrected chi connectivity index (χ1v) is 10.4. The van der Waals surface area contributed by atoms with Crippen molar-refractivity contribution in [2.24, 2.45) is 5.92 Å². The van der Waals surface area contributed by atoms with Crippen LogP contribution in [-0.2, 0) is 16.1 Å². The highest BCUT2D eigenvalue weighted by atomic mass is 16.5. The molecule has 0 radical (unpaired) electrons. The van der Waals surface area contributed by atoms with Gasteiger partial charge in [-0.1, -0.05) is 12.1 Å². The van der Waals surface area contributed by atoms with Crippen LogP contribution in [0.5, 0.6) is 5.75 Å². The molecule has 0 saturated carbocycles. The predicted molar refractivity (Wildman–Crippen MR) is 110 cm³/mol. The molecule has 1 N–H and O–H groups in total. The van der Waals surface area contributed by atoms with Crippen molar-refractivity contribution in [3.8, 4) is 5.75 Å². The first-order chi connectivity index (χ1) is 14.1. The number of likely N-dealkylation sites (tertiary alicyclic amines) is 1. The molecule has 0 aliphatic carbocycles. The molecule has 1 aliphatic rings. The molecule has 3 rings (SSSR count).